The first-order valence-electron chi connectivity index (χ1n) is 4.25. The second-order valence-electron chi connectivity index (χ2n) is 3.13. The molecule has 2 rings (SSSR count). The highest BCUT2D eigenvalue weighted by Crippen LogP contribution is 2.31. The third kappa shape index (κ3) is 1.04. The van der Waals surface area contributed by atoms with E-state index in [-0.39, 0.29) is 0 Å². The van der Waals surface area contributed by atoms with Gasteiger partial charge < -0.3 is 10.1 Å². The highest BCUT2D eigenvalue weighted by atomic mass is 16.5. The zero-order chi connectivity index (χ0) is 8.55. The Hall–Kier alpha value is -1.18. The highest BCUT2D eigenvalue weighted by molar-refractivity contribution is 5.56. The molecule has 2 nitrogen and oxygen atoms in total. The van der Waals surface area contributed by atoms with Crippen molar-refractivity contribution in [2.45, 2.75) is 13.3 Å². The van der Waals surface area contributed by atoms with Gasteiger partial charge in [0, 0.05) is 19.2 Å². The normalized spacial score (nSPS) is 13.8. The number of hydrogen-bond donors (Lipinski definition) is 1. The lowest BCUT2D eigenvalue weighted by molar-refractivity contribution is 0.354. The highest BCUT2D eigenvalue weighted by Gasteiger charge is 2.14. The lowest BCUT2D eigenvalue weighted by Gasteiger charge is -2.06. The first-order chi connectivity index (χ1) is 5.81. The third-order valence-corrected chi connectivity index (χ3v) is 2.26. The third-order valence-electron chi connectivity index (χ3n) is 2.26. The van der Waals surface area contributed by atoms with Crippen molar-refractivity contribution < 1.29 is 4.74 Å². The summed E-state index contributed by atoms with van der Waals surface area (Å²) >= 11 is 0. The van der Waals surface area contributed by atoms with Crippen LogP contribution in [0.15, 0.2) is 12.1 Å². The summed E-state index contributed by atoms with van der Waals surface area (Å²) in [7, 11) is 1.94. The molecule has 64 valence electrons. The van der Waals surface area contributed by atoms with Crippen molar-refractivity contribution in [1.82, 2.24) is 0 Å². The van der Waals surface area contributed by atoms with Crippen LogP contribution >= 0.6 is 0 Å². The largest absolute Gasteiger partial charge is 0.493 e. The predicted octanol–water partition coefficient (Wildman–Crippen LogP) is 1.97. The SMILES string of the molecule is CNc1cc(C)c2c(c1)CCO2. The minimum Gasteiger partial charge on any atom is -0.493 e. The van der Waals surface area contributed by atoms with Crippen LogP contribution in [0.3, 0.4) is 0 Å². The van der Waals surface area contributed by atoms with Crippen LogP contribution in [0.4, 0.5) is 5.69 Å². The van der Waals surface area contributed by atoms with Gasteiger partial charge in [0.1, 0.15) is 5.75 Å². The number of ether oxygens (including phenoxy) is 1. The Labute approximate surface area is 72.5 Å². The van der Waals surface area contributed by atoms with E-state index in [1.54, 1.807) is 0 Å². The Morgan fingerprint density at radius 1 is 1.42 bits per heavy atom. The summed E-state index contributed by atoms with van der Waals surface area (Å²) in [5, 5.41) is 3.14. The summed E-state index contributed by atoms with van der Waals surface area (Å²) < 4.78 is 5.50. The minimum atomic E-state index is 0.837. The molecule has 2 heteroatoms. The number of hydrogen-bond acceptors (Lipinski definition) is 2. The molecule has 12 heavy (non-hydrogen) atoms. The molecule has 0 saturated heterocycles. The Morgan fingerprint density at radius 2 is 2.25 bits per heavy atom. The number of nitrogens with one attached hydrogen (secondary N) is 1. The summed E-state index contributed by atoms with van der Waals surface area (Å²) in [6.45, 7) is 2.92. The molecule has 1 aromatic carbocycles. The van der Waals surface area contributed by atoms with E-state index in [1.165, 1.54) is 16.8 Å². The maximum Gasteiger partial charge on any atom is 0.125 e. The van der Waals surface area contributed by atoms with E-state index in [0.717, 1.165) is 18.8 Å². The zero-order valence-electron chi connectivity index (χ0n) is 7.48. The van der Waals surface area contributed by atoms with Gasteiger partial charge in [-0.15, -0.1) is 0 Å². The van der Waals surface area contributed by atoms with Gasteiger partial charge in [-0.2, -0.15) is 0 Å². The molecular weight excluding hydrogens is 150 g/mol. The lowest BCUT2D eigenvalue weighted by Crippen LogP contribution is -1.91. The predicted molar refractivity (Wildman–Crippen MR) is 49.9 cm³/mol. The van der Waals surface area contributed by atoms with E-state index in [0.29, 0.717) is 0 Å². The number of aryl methyl sites for hydroxylation is 1. The van der Waals surface area contributed by atoms with E-state index in [1.807, 2.05) is 7.05 Å². The fraction of sp³-hybridized carbons (Fsp3) is 0.400. The summed E-state index contributed by atoms with van der Waals surface area (Å²) in [5.41, 5.74) is 3.74. The molecule has 1 aliphatic rings. The second kappa shape index (κ2) is 2.70. The van der Waals surface area contributed by atoms with Crippen LogP contribution < -0.4 is 10.1 Å². The van der Waals surface area contributed by atoms with Crippen molar-refractivity contribution in [3.8, 4) is 5.75 Å². The molecule has 0 aromatic heterocycles. The molecule has 0 aliphatic carbocycles. The topological polar surface area (TPSA) is 21.3 Å². The van der Waals surface area contributed by atoms with E-state index in [9.17, 15) is 0 Å². The molecule has 0 radical (unpaired) electrons. The average molecular weight is 163 g/mol. The Bertz CT molecular complexity index is 307. The van der Waals surface area contributed by atoms with Gasteiger partial charge in [-0.25, -0.2) is 0 Å². The molecule has 0 fully saturated rings. The Morgan fingerprint density at radius 3 is 3.00 bits per heavy atom. The second-order valence-corrected chi connectivity index (χ2v) is 3.13. The molecule has 0 unspecified atom stereocenters. The van der Waals surface area contributed by atoms with Crippen LogP contribution in [-0.4, -0.2) is 13.7 Å². The van der Waals surface area contributed by atoms with E-state index in [2.05, 4.69) is 24.4 Å². The summed E-state index contributed by atoms with van der Waals surface area (Å²) in [6.07, 6.45) is 1.05. The van der Waals surface area contributed by atoms with E-state index < -0.39 is 0 Å². The molecule has 1 heterocycles. The average Bonchev–Trinajstić information content (AvgIpc) is 2.52. The van der Waals surface area contributed by atoms with Crippen LogP contribution in [0.1, 0.15) is 11.1 Å². The van der Waals surface area contributed by atoms with Gasteiger partial charge in [0.2, 0.25) is 0 Å². The lowest BCUT2D eigenvalue weighted by atomic mass is 10.1. The van der Waals surface area contributed by atoms with Gasteiger partial charge in [0.15, 0.2) is 0 Å². The molecule has 1 N–H and O–H groups in total. The summed E-state index contributed by atoms with van der Waals surface area (Å²) in [4.78, 5) is 0. The van der Waals surface area contributed by atoms with Gasteiger partial charge in [0.05, 0.1) is 6.61 Å². The number of fused-ring (bicyclic) bond motifs is 1. The van der Waals surface area contributed by atoms with Crippen LogP contribution in [0, 0.1) is 6.92 Å². The summed E-state index contributed by atoms with van der Waals surface area (Å²) in [5.74, 6) is 1.09. The quantitative estimate of drug-likeness (QED) is 0.683. The monoisotopic (exact) mass is 163 g/mol. The molecule has 0 bridgehead atoms. The van der Waals surface area contributed by atoms with Gasteiger partial charge in [-0.05, 0) is 30.2 Å². The van der Waals surface area contributed by atoms with Crippen molar-refractivity contribution in [3.63, 3.8) is 0 Å². The van der Waals surface area contributed by atoms with Crippen LogP contribution in [-0.2, 0) is 6.42 Å². The minimum absolute atomic E-state index is 0.837. The van der Waals surface area contributed by atoms with Crippen molar-refractivity contribution in [2.24, 2.45) is 0 Å². The zero-order valence-corrected chi connectivity index (χ0v) is 7.48. The van der Waals surface area contributed by atoms with Gasteiger partial charge in [0.25, 0.3) is 0 Å². The molecule has 0 spiro atoms. The molecular formula is C10H13NO. The van der Waals surface area contributed by atoms with Gasteiger partial charge in [-0.1, -0.05) is 0 Å². The van der Waals surface area contributed by atoms with E-state index in [4.69, 9.17) is 4.74 Å². The van der Waals surface area contributed by atoms with Crippen LogP contribution in [0.25, 0.3) is 0 Å². The van der Waals surface area contributed by atoms with Crippen LogP contribution in [0.5, 0.6) is 5.75 Å². The maximum absolute atomic E-state index is 5.50. The number of anilines is 1. The molecule has 0 atom stereocenters. The van der Waals surface area contributed by atoms with E-state index >= 15 is 0 Å². The molecule has 0 amide bonds. The van der Waals surface area contributed by atoms with Crippen molar-refractivity contribution >= 4 is 5.69 Å². The van der Waals surface area contributed by atoms with Crippen molar-refractivity contribution in [3.05, 3.63) is 23.3 Å². The summed E-state index contributed by atoms with van der Waals surface area (Å²) in [6, 6.07) is 4.28. The fourth-order valence-corrected chi connectivity index (χ4v) is 1.65. The first-order valence-corrected chi connectivity index (χ1v) is 4.25. The number of benzene rings is 1. The Balaban J connectivity index is 2.51. The van der Waals surface area contributed by atoms with Gasteiger partial charge >= 0.3 is 0 Å². The first kappa shape index (κ1) is 7.47. The Kier molecular flexibility index (Phi) is 1.68. The number of rotatable bonds is 1. The van der Waals surface area contributed by atoms with Crippen molar-refractivity contribution in [1.29, 1.82) is 0 Å². The molecule has 1 aliphatic heterocycles. The van der Waals surface area contributed by atoms with Gasteiger partial charge in [-0.3, -0.25) is 0 Å². The smallest absolute Gasteiger partial charge is 0.125 e. The standard InChI is InChI=1S/C10H13NO/c1-7-5-9(11-2)6-8-3-4-12-10(7)8/h5-6,11H,3-4H2,1-2H3. The van der Waals surface area contributed by atoms with Crippen LogP contribution in [0.2, 0.25) is 0 Å². The maximum atomic E-state index is 5.50. The van der Waals surface area contributed by atoms with Crippen molar-refractivity contribution in [2.75, 3.05) is 19.0 Å². The fourth-order valence-electron chi connectivity index (χ4n) is 1.65. The molecule has 1 aromatic rings. The molecule has 0 saturated carbocycles.